The molecule has 3 aromatic carbocycles. The monoisotopic (exact) mass is 639 g/mol. The van der Waals surface area contributed by atoms with Crippen molar-refractivity contribution in [2.24, 2.45) is 0 Å². The van der Waals surface area contributed by atoms with Crippen molar-refractivity contribution >= 4 is 44.5 Å². The second-order valence-corrected chi connectivity index (χ2v) is 13.5. The van der Waals surface area contributed by atoms with E-state index in [1.165, 1.54) is 21.7 Å². The zero-order valence-electron chi connectivity index (χ0n) is 25.5. The Morgan fingerprint density at radius 3 is 2.66 bits per heavy atom. The number of unbranched alkanes of at least 4 members (excludes halogenated alkanes) is 1. The normalized spacial score (nSPS) is 15.3. The van der Waals surface area contributed by atoms with Gasteiger partial charge in [-0.2, -0.15) is 12.7 Å². The number of aromatic nitrogens is 3. The summed E-state index contributed by atoms with van der Waals surface area (Å²) in [6, 6.07) is 14.6. The molecule has 0 bridgehead atoms. The number of alkyl halides is 1. The highest BCUT2D eigenvalue weighted by Gasteiger charge is 2.35. The largest absolute Gasteiger partial charge is 0.508 e. The summed E-state index contributed by atoms with van der Waals surface area (Å²) in [5.74, 6) is 0.0123. The zero-order valence-corrected chi connectivity index (χ0v) is 27.0. The van der Waals surface area contributed by atoms with Gasteiger partial charge in [-0.25, -0.2) is 4.68 Å². The van der Waals surface area contributed by atoms with Crippen molar-refractivity contribution in [1.82, 2.24) is 19.3 Å². The molecule has 0 amide bonds. The number of phenolic OH excluding ortho intramolecular Hbond substituents is 1. The Hall–Kier alpha value is -3.67. The molecule has 10 nitrogen and oxygen atoms in total. The maximum absolute atomic E-state index is 13.5. The highest BCUT2D eigenvalue weighted by Crippen LogP contribution is 2.37. The number of hydrogen-bond acceptors (Lipinski definition) is 7. The van der Waals surface area contributed by atoms with E-state index in [1.807, 2.05) is 48.9 Å². The fourth-order valence-corrected chi connectivity index (χ4v) is 7.42. The molecule has 1 N–H and O–H groups in total. The first kappa shape index (κ1) is 31.7. The maximum atomic E-state index is 13.5. The number of hydrogen-bond donors (Lipinski definition) is 1. The van der Waals surface area contributed by atoms with Crippen LogP contribution in [0.2, 0.25) is 0 Å². The number of aromatic hydroxyl groups is 1. The molecule has 0 fully saturated rings. The number of rotatable bonds is 11. The first-order valence-corrected chi connectivity index (χ1v) is 16.7. The Balaban J connectivity index is 1.52. The molecule has 1 aliphatic rings. The van der Waals surface area contributed by atoms with E-state index in [9.17, 15) is 18.3 Å². The van der Waals surface area contributed by atoms with Crippen LogP contribution in [0.15, 0.2) is 48.5 Å². The van der Waals surface area contributed by atoms with Gasteiger partial charge in [-0.15, -0.1) is 16.7 Å². The number of anilines is 1. The van der Waals surface area contributed by atoms with Gasteiger partial charge in [0.15, 0.2) is 0 Å². The summed E-state index contributed by atoms with van der Waals surface area (Å²) in [4.78, 5) is 12.9. The lowest BCUT2D eigenvalue weighted by Gasteiger charge is -2.35. The van der Waals surface area contributed by atoms with Gasteiger partial charge >= 0.3 is 16.2 Å². The van der Waals surface area contributed by atoms with Gasteiger partial charge in [0, 0.05) is 38.5 Å². The van der Waals surface area contributed by atoms with Gasteiger partial charge in [0.2, 0.25) is 0 Å². The van der Waals surface area contributed by atoms with E-state index in [1.54, 1.807) is 19.1 Å². The van der Waals surface area contributed by atoms with Gasteiger partial charge in [0.05, 0.1) is 24.2 Å². The van der Waals surface area contributed by atoms with Crippen LogP contribution >= 0.6 is 11.6 Å². The molecule has 0 saturated carbocycles. The van der Waals surface area contributed by atoms with Crippen molar-refractivity contribution < 1.29 is 23.1 Å². The summed E-state index contributed by atoms with van der Waals surface area (Å²) in [5, 5.41) is 18.9. The SMILES string of the molecule is CCOC(=O)CC(c1ccc(C)c(CN2Cc3cc(O)ccc3N(C)S2(=O)=O)c1)c1ccc2c(nnn2CCCCCl)c1C. The minimum atomic E-state index is -3.81. The minimum absolute atomic E-state index is 0.0824. The number of fused-ring (bicyclic) bond motifs is 2. The quantitative estimate of drug-likeness (QED) is 0.130. The summed E-state index contributed by atoms with van der Waals surface area (Å²) in [6.45, 7) is 6.96. The van der Waals surface area contributed by atoms with E-state index in [4.69, 9.17) is 16.3 Å². The van der Waals surface area contributed by atoms with Gasteiger partial charge in [-0.3, -0.25) is 9.10 Å². The summed E-state index contributed by atoms with van der Waals surface area (Å²) < 4.78 is 36.9. The van der Waals surface area contributed by atoms with Crippen LogP contribution in [0.4, 0.5) is 5.69 Å². The molecule has 1 unspecified atom stereocenters. The molecule has 234 valence electrons. The molecule has 1 aromatic heterocycles. The minimum Gasteiger partial charge on any atom is -0.508 e. The molecule has 0 radical (unpaired) electrons. The third-order valence-corrected chi connectivity index (χ3v) is 10.4. The molecule has 44 heavy (non-hydrogen) atoms. The molecule has 2 heterocycles. The highest BCUT2D eigenvalue weighted by molar-refractivity contribution is 7.90. The van der Waals surface area contributed by atoms with Crippen LogP contribution in [0.1, 0.15) is 65.5 Å². The van der Waals surface area contributed by atoms with E-state index in [-0.39, 0.29) is 43.8 Å². The van der Waals surface area contributed by atoms with E-state index in [0.717, 1.165) is 57.3 Å². The molecular weight excluding hydrogens is 602 g/mol. The number of phenols is 1. The van der Waals surface area contributed by atoms with Crippen molar-refractivity contribution in [2.75, 3.05) is 23.8 Å². The van der Waals surface area contributed by atoms with Gasteiger partial charge in [0.25, 0.3) is 0 Å². The number of carbonyl (C=O) groups excluding carboxylic acids is 1. The first-order valence-electron chi connectivity index (χ1n) is 14.7. The lowest BCUT2D eigenvalue weighted by atomic mass is 9.84. The number of ether oxygens (including phenoxy) is 1. The Labute approximate surface area is 263 Å². The first-order chi connectivity index (χ1) is 21.0. The number of esters is 1. The van der Waals surface area contributed by atoms with Crippen molar-refractivity contribution in [3.05, 3.63) is 81.9 Å². The second kappa shape index (κ2) is 13.1. The van der Waals surface area contributed by atoms with Crippen molar-refractivity contribution in [3.8, 4) is 5.75 Å². The van der Waals surface area contributed by atoms with E-state index in [2.05, 4.69) is 10.3 Å². The number of aryl methyl sites for hydroxylation is 3. The van der Waals surface area contributed by atoms with Gasteiger partial charge in [-0.1, -0.05) is 29.5 Å². The van der Waals surface area contributed by atoms with Gasteiger partial charge in [0.1, 0.15) is 11.3 Å². The van der Waals surface area contributed by atoms with Crippen molar-refractivity contribution in [1.29, 1.82) is 0 Å². The van der Waals surface area contributed by atoms with Crippen LogP contribution in [0.5, 0.6) is 5.75 Å². The molecular formula is C32H38ClN5O5S. The fraction of sp³-hybridized carbons (Fsp3) is 0.406. The van der Waals surface area contributed by atoms with Crippen molar-refractivity contribution in [3.63, 3.8) is 0 Å². The standard InChI is InChI=1S/C32H38ClN5O5S/c1-5-43-31(40)18-28(27-11-13-30-32(22(27)3)34-35-38(30)15-7-6-14-33)23-9-8-21(2)24(16-23)19-37-20-25-17-26(39)10-12-29(25)36(4)44(37,41)42/h8-13,16-17,28,39H,5-7,14-15,18-20H2,1-4H3. The Morgan fingerprint density at radius 1 is 1.11 bits per heavy atom. The molecule has 0 saturated heterocycles. The van der Waals surface area contributed by atoms with Crippen LogP contribution in [0, 0.1) is 13.8 Å². The Morgan fingerprint density at radius 2 is 1.91 bits per heavy atom. The lowest BCUT2D eigenvalue weighted by Crippen LogP contribution is -2.45. The molecule has 1 atom stereocenters. The van der Waals surface area contributed by atoms with Crippen LogP contribution in [-0.2, 0) is 39.4 Å². The summed E-state index contributed by atoms with van der Waals surface area (Å²) in [6.07, 6.45) is 1.90. The summed E-state index contributed by atoms with van der Waals surface area (Å²) in [5.41, 5.74) is 7.44. The molecule has 0 spiro atoms. The maximum Gasteiger partial charge on any atom is 0.306 e. The Bertz CT molecular complexity index is 1790. The van der Waals surface area contributed by atoms with Crippen LogP contribution in [0.3, 0.4) is 0 Å². The topological polar surface area (TPSA) is 118 Å². The summed E-state index contributed by atoms with van der Waals surface area (Å²) >= 11 is 5.86. The van der Waals surface area contributed by atoms with E-state index in [0.29, 0.717) is 18.1 Å². The predicted octanol–water partition coefficient (Wildman–Crippen LogP) is 5.55. The third-order valence-electron chi connectivity index (χ3n) is 8.33. The molecule has 12 heteroatoms. The average molecular weight is 640 g/mol. The van der Waals surface area contributed by atoms with Crippen LogP contribution in [-0.4, -0.2) is 58.3 Å². The molecule has 0 aliphatic carbocycles. The second-order valence-electron chi connectivity index (χ2n) is 11.2. The molecule has 1 aliphatic heterocycles. The summed E-state index contributed by atoms with van der Waals surface area (Å²) in [7, 11) is -2.29. The zero-order chi connectivity index (χ0) is 31.6. The van der Waals surface area contributed by atoms with Gasteiger partial charge in [-0.05, 0) is 91.3 Å². The predicted molar refractivity (Wildman–Crippen MR) is 171 cm³/mol. The smallest absolute Gasteiger partial charge is 0.306 e. The molecule has 4 aromatic rings. The number of carbonyl (C=O) groups is 1. The van der Waals surface area contributed by atoms with Gasteiger partial charge < -0.3 is 9.84 Å². The molecule has 5 rings (SSSR count). The van der Waals surface area contributed by atoms with E-state index < -0.39 is 10.2 Å². The third kappa shape index (κ3) is 6.27. The fourth-order valence-electron chi connectivity index (χ4n) is 5.86. The number of halogens is 1. The van der Waals surface area contributed by atoms with Crippen molar-refractivity contribution in [2.45, 2.75) is 65.6 Å². The number of nitrogens with zero attached hydrogens (tertiary/aromatic N) is 5. The lowest BCUT2D eigenvalue weighted by molar-refractivity contribution is -0.143. The van der Waals surface area contributed by atoms with E-state index >= 15 is 0 Å². The highest BCUT2D eigenvalue weighted by atomic mass is 35.5. The Kier molecular flexibility index (Phi) is 9.48. The van der Waals surface area contributed by atoms with Crippen LogP contribution in [0.25, 0.3) is 11.0 Å². The average Bonchev–Trinajstić information content (AvgIpc) is 3.40. The van der Waals surface area contributed by atoms with Crippen LogP contribution < -0.4 is 4.31 Å². The number of benzene rings is 3.